The average molecular weight is 119 g/mol. The Balaban J connectivity index is 2.84. The molecule has 9 heavy (non-hydrogen) atoms. The van der Waals surface area contributed by atoms with E-state index in [1.54, 1.807) is 6.08 Å². The Labute approximate surface area is 57.2 Å². The Hall–Kier alpha value is -1.04. The third-order valence-electron chi connectivity index (χ3n) is 1.11. The van der Waals surface area contributed by atoms with Crippen molar-refractivity contribution in [3.05, 3.63) is 48.6 Å². The fourth-order valence-electron chi connectivity index (χ4n) is 0.700. The molecule has 1 rings (SSSR count). The third-order valence-corrected chi connectivity index (χ3v) is 1.11. The summed E-state index contributed by atoms with van der Waals surface area (Å²) in [6.45, 7) is 3.55. The molecule has 1 atom stereocenters. The van der Waals surface area contributed by atoms with Gasteiger partial charge in [0.15, 0.2) is 0 Å². The van der Waals surface area contributed by atoms with Crippen molar-refractivity contribution in [3.8, 4) is 0 Å². The quantitative estimate of drug-likeness (QED) is 0.524. The first-order valence-electron chi connectivity index (χ1n) is 3.52. The highest BCUT2D eigenvalue weighted by molar-refractivity contribution is 5.16. The summed E-state index contributed by atoms with van der Waals surface area (Å²) >= 11 is 0. The zero-order chi connectivity index (χ0) is 7.40. The molecule has 0 N–H and O–H groups in total. The van der Waals surface area contributed by atoms with Crippen molar-refractivity contribution >= 4 is 0 Å². The van der Waals surface area contributed by atoms with Gasteiger partial charge in [0, 0.05) is 1.37 Å². The smallest absolute Gasteiger partial charge is 0.0359 e. The first-order valence-corrected chi connectivity index (χ1v) is 2.94. The van der Waals surface area contributed by atoms with Crippen LogP contribution in [0.2, 0.25) is 0 Å². The van der Waals surface area contributed by atoms with Crippen molar-refractivity contribution in [2.45, 2.75) is 6.40 Å². The van der Waals surface area contributed by atoms with E-state index in [1.807, 2.05) is 30.3 Å². The first kappa shape index (κ1) is 4.80. The van der Waals surface area contributed by atoms with Crippen LogP contribution in [0.3, 0.4) is 0 Å². The monoisotopic (exact) mass is 119 g/mol. The van der Waals surface area contributed by atoms with Crippen LogP contribution in [0.5, 0.6) is 0 Å². The van der Waals surface area contributed by atoms with Crippen LogP contribution in [0.1, 0.15) is 6.93 Å². The van der Waals surface area contributed by atoms with E-state index < -0.39 is 0 Å². The van der Waals surface area contributed by atoms with Crippen molar-refractivity contribution in [2.75, 3.05) is 0 Å². The highest BCUT2D eigenvalue weighted by Gasteiger charge is 1.82. The van der Waals surface area contributed by atoms with Crippen molar-refractivity contribution < 1.29 is 1.37 Å². The Morgan fingerprint density at radius 2 is 2.11 bits per heavy atom. The molecule has 0 nitrogen and oxygen atoms in total. The largest absolute Gasteiger partial charge is 0.103 e. The molecule has 0 saturated heterocycles. The second-order valence-corrected chi connectivity index (χ2v) is 1.81. The van der Waals surface area contributed by atoms with E-state index in [0.29, 0.717) is 0 Å². The van der Waals surface area contributed by atoms with Gasteiger partial charge >= 0.3 is 0 Å². The summed E-state index contributed by atoms with van der Waals surface area (Å²) < 4.78 is 7.44. The molecule has 0 saturated carbocycles. The number of benzene rings is 1. The van der Waals surface area contributed by atoms with Gasteiger partial charge in [-0.3, -0.25) is 0 Å². The van der Waals surface area contributed by atoms with E-state index in [1.165, 1.54) is 0 Å². The van der Waals surface area contributed by atoms with Crippen molar-refractivity contribution in [1.82, 2.24) is 0 Å². The number of allylic oxidation sites excluding steroid dienone is 1. The van der Waals surface area contributed by atoms with Gasteiger partial charge in [0.1, 0.15) is 0 Å². The topological polar surface area (TPSA) is 0 Å². The van der Waals surface area contributed by atoms with E-state index in [9.17, 15) is 0 Å². The van der Waals surface area contributed by atoms with Gasteiger partial charge in [0.2, 0.25) is 0 Å². The summed E-state index contributed by atoms with van der Waals surface area (Å²) in [5.74, 6) is 0. The fraction of sp³-hybridized carbons (Fsp3) is 0.111. The van der Waals surface area contributed by atoms with E-state index in [-0.39, 0.29) is 6.40 Å². The van der Waals surface area contributed by atoms with Gasteiger partial charge < -0.3 is 0 Å². The van der Waals surface area contributed by atoms with Crippen LogP contribution in [0.15, 0.2) is 43.0 Å². The first-order chi connectivity index (χ1) is 4.84. The molecule has 0 aromatic heterocycles. The van der Waals surface area contributed by atoms with Crippen molar-refractivity contribution in [1.29, 1.82) is 0 Å². The lowest BCUT2D eigenvalue weighted by atomic mass is 10.2. The third kappa shape index (κ3) is 1.73. The summed E-state index contributed by atoms with van der Waals surface area (Å²) in [4.78, 5) is 0. The van der Waals surface area contributed by atoms with Gasteiger partial charge in [-0.05, 0) is 12.0 Å². The van der Waals surface area contributed by atoms with Crippen LogP contribution < -0.4 is 0 Å². The Morgan fingerprint density at radius 1 is 1.44 bits per heavy atom. The minimum absolute atomic E-state index is 0.277. The van der Waals surface area contributed by atoms with Gasteiger partial charge in [0.05, 0.1) is 0 Å². The van der Waals surface area contributed by atoms with Gasteiger partial charge in [0.25, 0.3) is 0 Å². The molecule has 0 heteroatoms. The number of hydrogen-bond donors (Lipinski definition) is 0. The molecular formula is C9H10. The van der Waals surface area contributed by atoms with E-state index in [2.05, 4.69) is 6.58 Å². The summed E-state index contributed by atoms with van der Waals surface area (Å²) in [5.41, 5.74) is 0.998. The Kier molecular flexibility index (Phi) is 1.64. The van der Waals surface area contributed by atoms with Crippen molar-refractivity contribution in [2.24, 2.45) is 0 Å². The fourth-order valence-corrected chi connectivity index (χ4v) is 0.700. The predicted octanol–water partition coefficient (Wildman–Crippen LogP) is 2.42. The Morgan fingerprint density at radius 3 is 2.67 bits per heavy atom. The summed E-state index contributed by atoms with van der Waals surface area (Å²) in [7, 11) is 0. The minimum atomic E-state index is -0.277. The average Bonchev–Trinajstić information content (AvgIpc) is 2.05. The molecule has 0 amide bonds. The molecular weight excluding hydrogens is 108 g/mol. The molecule has 0 bridgehead atoms. The molecule has 0 spiro atoms. The number of hydrogen-bond acceptors (Lipinski definition) is 0. The van der Waals surface area contributed by atoms with Gasteiger partial charge in [-0.25, -0.2) is 0 Å². The highest BCUT2D eigenvalue weighted by atomic mass is 13.9. The van der Waals surface area contributed by atoms with Crippen molar-refractivity contribution in [3.63, 3.8) is 0 Å². The molecule has 0 aliphatic carbocycles. The van der Waals surface area contributed by atoms with Crippen LogP contribution in [0, 0.1) is 0 Å². The SMILES string of the molecule is [2H]C(C=C)c1ccccc1. The van der Waals surface area contributed by atoms with E-state index >= 15 is 0 Å². The van der Waals surface area contributed by atoms with Crippen LogP contribution in [0.4, 0.5) is 0 Å². The molecule has 1 aromatic rings. The highest BCUT2D eigenvalue weighted by Crippen LogP contribution is 1.98. The maximum absolute atomic E-state index is 7.44. The van der Waals surface area contributed by atoms with E-state index in [4.69, 9.17) is 1.37 Å². The lowest BCUT2D eigenvalue weighted by Crippen LogP contribution is -1.75. The molecule has 1 aromatic carbocycles. The van der Waals surface area contributed by atoms with Crippen LogP contribution in [0.25, 0.3) is 0 Å². The zero-order valence-corrected chi connectivity index (χ0v) is 5.25. The zero-order valence-electron chi connectivity index (χ0n) is 6.25. The molecule has 46 valence electrons. The lowest BCUT2D eigenvalue weighted by Gasteiger charge is -1.91. The lowest BCUT2D eigenvalue weighted by molar-refractivity contribution is 1.28. The molecule has 1 unspecified atom stereocenters. The summed E-state index contributed by atoms with van der Waals surface area (Å²) in [6.07, 6.45) is 1.34. The second kappa shape index (κ2) is 3.08. The van der Waals surface area contributed by atoms with E-state index in [0.717, 1.165) is 5.56 Å². The molecule has 0 heterocycles. The molecule has 0 aliphatic rings. The minimum Gasteiger partial charge on any atom is -0.103 e. The summed E-state index contributed by atoms with van der Waals surface area (Å²) in [5, 5.41) is 0. The molecule has 0 fully saturated rings. The van der Waals surface area contributed by atoms with Gasteiger partial charge in [-0.1, -0.05) is 36.4 Å². The van der Waals surface area contributed by atoms with Gasteiger partial charge in [-0.2, -0.15) is 0 Å². The Bertz CT molecular complexity index is 203. The van der Waals surface area contributed by atoms with Crippen LogP contribution in [-0.4, -0.2) is 0 Å². The molecule has 0 aliphatic heterocycles. The molecule has 0 radical (unpaired) electrons. The normalized spacial score (nSPS) is 14.0. The van der Waals surface area contributed by atoms with Gasteiger partial charge in [-0.15, -0.1) is 6.58 Å². The standard InChI is InChI=1S/C9H10/c1-2-6-9-7-4-3-5-8-9/h2-5,7-8H,1,6H2/i6D. The summed E-state index contributed by atoms with van der Waals surface area (Å²) in [6, 6.07) is 9.67. The maximum atomic E-state index is 7.44. The van der Waals surface area contributed by atoms with Crippen LogP contribution in [-0.2, 0) is 6.40 Å². The second-order valence-electron chi connectivity index (χ2n) is 1.81. The predicted molar refractivity (Wildman–Crippen MR) is 40.3 cm³/mol. The number of rotatable bonds is 2. The maximum Gasteiger partial charge on any atom is 0.0359 e. The van der Waals surface area contributed by atoms with Crippen LogP contribution >= 0.6 is 0 Å².